The molecule has 2 heterocycles. The van der Waals surface area contributed by atoms with Gasteiger partial charge in [-0.25, -0.2) is 9.67 Å². The number of hydrogen-bond donors (Lipinski definition) is 0. The average Bonchev–Trinajstić information content (AvgIpc) is 2.79. The monoisotopic (exact) mass is 312 g/mol. The first-order valence-electron chi connectivity index (χ1n) is 6.02. The molecular formula is C12H14ClN4O2P. The maximum absolute atomic E-state index is 11.3. The minimum Gasteiger partial charge on any atom is -0.466 e. The molecule has 1 atom stereocenters. The van der Waals surface area contributed by atoms with Crippen LogP contribution in [0, 0.1) is 0 Å². The zero-order chi connectivity index (χ0) is 14.5. The zero-order valence-corrected chi connectivity index (χ0v) is 12.9. The largest absolute Gasteiger partial charge is 0.466 e. The molecule has 0 bridgehead atoms. The molecule has 0 aromatic carbocycles. The molecule has 2 aromatic rings. The Bertz CT molecular complexity index is 600. The fourth-order valence-electron chi connectivity index (χ4n) is 1.55. The Labute approximate surface area is 123 Å². The summed E-state index contributed by atoms with van der Waals surface area (Å²) in [6.07, 6.45) is 1.86. The van der Waals surface area contributed by atoms with Crippen LogP contribution in [0.15, 0.2) is 18.3 Å². The second-order valence-electron chi connectivity index (χ2n) is 3.90. The molecule has 0 N–H and O–H groups in total. The maximum atomic E-state index is 11.3. The summed E-state index contributed by atoms with van der Waals surface area (Å²) >= 11 is 5.80. The van der Waals surface area contributed by atoms with Gasteiger partial charge in [0.15, 0.2) is 11.4 Å². The van der Waals surface area contributed by atoms with E-state index in [0.717, 1.165) is 0 Å². The normalized spacial score (nSPS) is 11.2. The quantitative estimate of drug-likeness (QED) is 0.616. The molecule has 20 heavy (non-hydrogen) atoms. The van der Waals surface area contributed by atoms with Crippen molar-refractivity contribution in [1.29, 1.82) is 0 Å². The molecule has 2 aromatic heterocycles. The van der Waals surface area contributed by atoms with Crippen LogP contribution < -0.4 is 5.57 Å². The van der Waals surface area contributed by atoms with Crippen molar-refractivity contribution in [1.82, 2.24) is 19.7 Å². The molecule has 0 amide bonds. The van der Waals surface area contributed by atoms with Gasteiger partial charge in [-0.15, -0.1) is 0 Å². The summed E-state index contributed by atoms with van der Waals surface area (Å²) in [7, 11) is 1.97. The molecular weight excluding hydrogens is 299 g/mol. The summed E-state index contributed by atoms with van der Waals surface area (Å²) in [5, 5.41) is 4.85. The van der Waals surface area contributed by atoms with Crippen molar-refractivity contribution in [2.45, 2.75) is 6.92 Å². The average molecular weight is 313 g/mol. The van der Waals surface area contributed by atoms with Gasteiger partial charge >= 0.3 is 5.97 Å². The molecule has 0 radical (unpaired) electrons. The minimum atomic E-state index is -0.232. The highest BCUT2D eigenvalue weighted by atomic mass is 35.5. The number of esters is 1. The molecule has 1 unspecified atom stereocenters. The van der Waals surface area contributed by atoms with Gasteiger partial charge in [0.1, 0.15) is 5.69 Å². The first kappa shape index (κ1) is 14.9. The number of nitrogens with zero attached hydrogens (tertiary/aromatic N) is 4. The lowest BCUT2D eigenvalue weighted by atomic mass is 10.3. The van der Waals surface area contributed by atoms with Crippen LogP contribution in [-0.2, 0) is 16.6 Å². The SMILES string of the molecule is CCOC(=O)CPc1nc(-c2ccc(Cl)cn2)n(C)n1. The van der Waals surface area contributed by atoms with Crippen molar-refractivity contribution >= 4 is 31.7 Å². The van der Waals surface area contributed by atoms with Gasteiger partial charge in [0, 0.05) is 13.2 Å². The third-order valence-corrected chi connectivity index (χ3v) is 3.63. The van der Waals surface area contributed by atoms with Crippen LogP contribution in [0.3, 0.4) is 0 Å². The topological polar surface area (TPSA) is 69.9 Å². The number of halogens is 1. The molecule has 8 heteroatoms. The Morgan fingerprint density at radius 3 is 2.95 bits per heavy atom. The number of pyridine rings is 1. The predicted octanol–water partition coefficient (Wildman–Crippen LogP) is 1.40. The molecule has 0 aliphatic rings. The van der Waals surface area contributed by atoms with E-state index in [1.807, 2.05) is 0 Å². The van der Waals surface area contributed by atoms with E-state index in [1.54, 1.807) is 37.0 Å². The number of hydrogen-bond acceptors (Lipinski definition) is 5. The van der Waals surface area contributed by atoms with Gasteiger partial charge in [0.2, 0.25) is 0 Å². The smallest absolute Gasteiger partial charge is 0.310 e. The molecule has 0 aliphatic carbocycles. The summed E-state index contributed by atoms with van der Waals surface area (Å²) in [6.45, 7) is 2.17. The third kappa shape index (κ3) is 3.74. The van der Waals surface area contributed by atoms with Crippen LogP contribution >= 0.6 is 20.2 Å². The fraction of sp³-hybridized carbons (Fsp3) is 0.333. The Balaban J connectivity index is 2.09. The highest BCUT2D eigenvalue weighted by Gasteiger charge is 2.12. The number of ether oxygens (including phenoxy) is 1. The Morgan fingerprint density at radius 1 is 1.50 bits per heavy atom. The second kappa shape index (κ2) is 6.77. The van der Waals surface area contributed by atoms with E-state index >= 15 is 0 Å². The number of carbonyl (C=O) groups is 1. The van der Waals surface area contributed by atoms with Crippen LogP contribution in [0.1, 0.15) is 6.92 Å². The zero-order valence-electron chi connectivity index (χ0n) is 11.1. The first-order chi connectivity index (χ1) is 9.60. The number of carbonyl (C=O) groups excluding carboxylic acids is 1. The van der Waals surface area contributed by atoms with Crippen LogP contribution in [0.4, 0.5) is 0 Å². The Kier molecular flexibility index (Phi) is 5.04. The van der Waals surface area contributed by atoms with E-state index in [-0.39, 0.29) is 14.6 Å². The van der Waals surface area contributed by atoms with Crippen LogP contribution in [-0.4, -0.2) is 38.5 Å². The van der Waals surface area contributed by atoms with E-state index in [0.29, 0.717) is 34.9 Å². The van der Waals surface area contributed by atoms with Crippen molar-refractivity contribution in [3.05, 3.63) is 23.4 Å². The standard InChI is InChI=1S/C12H14ClN4O2P/c1-3-19-10(18)7-20-12-15-11(17(2)16-12)9-5-4-8(13)6-14-9/h4-6,20H,3,7H2,1-2H3. The highest BCUT2D eigenvalue weighted by Crippen LogP contribution is 2.17. The van der Waals surface area contributed by atoms with Crippen molar-refractivity contribution in [2.75, 3.05) is 12.8 Å². The number of rotatable bonds is 5. The van der Waals surface area contributed by atoms with Crippen molar-refractivity contribution in [3.63, 3.8) is 0 Å². The summed E-state index contributed by atoms with van der Waals surface area (Å²) < 4.78 is 6.52. The highest BCUT2D eigenvalue weighted by molar-refractivity contribution is 7.47. The minimum absolute atomic E-state index is 0.183. The molecule has 6 nitrogen and oxygen atoms in total. The Hall–Kier alpha value is -1.52. The van der Waals surface area contributed by atoms with Crippen LogP contribution in [0.25, 0.3) is 11.5 Å². The summed E-state index contributed by atoms with van der Waals surface area (Å²) in [4.78, 5) is 19.9. The third-order valence-electron chi connectivity index (χ3n) is 2.42. The molecule has 0 saturated heterocycles. The van der Waals surface area contributed by atoms with Gasteiger partial charge in [-0.1, -0.05) is 11.6 Å². The Morgan fingerprint density at radius 2 is 2.30 bits per heavy atom. The van der Waals surface area contributed by atoms with Gasteiger partial charge in [-0.3, -0.25) is 9.78 Å². The van der Waals surface area contributed by atoms with Crippen molar-refractivity contribution in [2.24, 2.45) is 7.05 Å². The lowest BCUT2D eigenvalue weighted by Crippen LogP contribution is -2.10. The van der Waals surface area contributed by atoms with E-state index in [1.165, 1.54) is 0 Å². The van der Waals surface area contributed by atoms with Crippen LogP contribution in [0.5, 0.6) is 0 Å². The molecule has 106 valence electrons. The molecule has 0 saturated carbocycles. The van der Waals surface area contributed by atoms with Crippen molar-refractivity contribution < 1.29 is 9.53 Å². The van der Waals surface area contributed by atoms with Gasteiger partial charge < -0.3 is 4.74 Å². The van der Waals surface area contributed by atoms with E-state index in [4.69, 9.17) is 16.3 Å². The van der Waals surface area contributed by atoms with Gasteiger partial charge in [0.25, 0.3) is 0 Å². The van der Waals surface area contributed by atoms with Gasteiger partial charge in [-0.2, -0.15) is 5.10 Å². The summed E-state index contributed by atoms with van der Waals surface area (Å²) in [5.74, 6) is 0.414. The van der Waals surface area contributed by atoms with Gasteiger partial charge in [0.05, 0.1) is 17.8 Å². The molecule has 0 spiro atoms. The maximum Gasteiger partial charge on any atom is 0.310 e. The fourth-order valence-corrected chi connectivity index (χ4v) is 2.48. The lowest BCUT2D eigenvalue weighted by Gasteiger charge is -1.98. The lowest BCUT2D eigenvalue weighted by molar-refractivity contribution is -0.139. The van der Waals surface area contributed by atoms with Gasteiger partial charge in [-0.05, 0) is 27.6 Å². The van der Waals surface area contributed by atoms with E-state index in [9.17, 15) is 4.79 Å². The second-order valence-corrected chi connectivity index (χ2v) is 5.49. The van der Waals surface area contributed by atoms with Crippen LogP contribution in [0.2, 0.25) is 5.02 Å². The molecule has 0 fully saturated rings. The number of aromatic nitrogens is 4. The van der Waals surface area contributed by atoms with E-state index in [2.05, 4.69) is 15.1 Å². The first-order valence-corrected chi connectivity index (χ1v) is 7.61. The molecule has 2 rings (SSSR count). The summed E-state index contributed by atoms with van der Waals surface area (Å²) in [6, 6.07) is 3.53. The summed E-state index contributed by atoms with van der Waals surface area (Å²) in [5.41, 5.74) is 1.31. The van der Waals surface area contributed by atoms with Crippen molar-refractivity contribution in [3.8, 4) is 11.5 Å². The van der Waals surface area contributed by atoms with E-state index < -0.39 is 0 Å². The molecule has 0 aliphatic heterocycles. The number of aryl methyl sites for hydroxylation is 1. The predicted molar refractivity (Wildman–Crippen MR) is 78.7 cm³/mol.